The number of aliphatic imine (C=N–C) groups is 1. The highest BCUT2D eigenvalue weighted by molar-refractivity contribution is 6.29. The van der Waals surface area contributed by atoms with Crippen LogP contribution < -0.4 is 10.6 Å². The van der Waals surface area contributed by atoms with E-state index in [0.717, 1.165) is 58.2 Å². The normalized spacial score (nSPS) is 16.8. The number of halogens is 1. The fourth-order valence-electron chi connectivity index (χ4n) is 2.85. The highest BCUT2D eigenvalue weighted by Crippen LogP contribution is 2.05. The van der Waals surface area contributed by atoms with Crippen molar-refractivity contribution in [3.05, 3.63) is 29.0 Å². The Kier molecular flexibility index (Phi) is 9.00. The van der Waals surface area contributed by atoms with E-state index >= 15 is 0 Å². The van der Waals surface area contributed by atoms with Gasteiger partial charge in [-0.3, -0.25) is 9.89 Å². The SMILES string of the molecule is CCNC(=NCCN1CCN(CC)CC1)NCCc1ccc(Cl)nc1. The van der Waals surface area contributed by atoms with Crippen molar-refractivity contribution < 1.29 is 0 Å². The van der Waals surface area contributed by atoms with Crippen LogP contribution in [-0.4, -0.2) is 79.6 Å². The lowest BCUT2D eigenvalue weighted by Crippen LogP contribution is -2.47. The Morgan fingerprint density at radius 2 is 1.92 bits per heavy atom. The van der Waals surface area contributed by atoms with Crippen LogP contribution in [0.2, 0.25) is 5.15 Å². The van der Waals surface area contributed by atoms with Crippen molar-refractivity contribution in [1.82, 2.24) is 25.4 Å². The first-order valence-corrected chi connectivity index (χ1v) is 9.66. The molecule has 1 aromatic heterocycles. The van der Waals surface area contributed by atoms with Gasteiger partial charge in [0.15, 0.2) is 5.96 Å². The standard InChI is InChI=1S/C18H31ClN6/c1-3-20-18(21-8-7-16-5-6-17(19)23-15-16)22-9-10-25-13-11-24(4-2)12-14-25/h5-6,15H,3-4,7-14H2,1-2H3,(H2,20,21,22). The van der Waals surface area contributed by atoms with Crippen LogP contribution in [0.1, 0.15) is 19.4 Å². The van der Waals surface area contributed by atoms with Crippen molar-refractivity contribution in [3.8, 4) is 0 Å². The molecule has 0 aliphatic carbocycles. The van der Waals surface area contributed by atoms with Gasteiger partial charge >= 0.3 is 0 Å². The molecule has 1 fully saturated rings. The second kappa shape index (κ2) is 11.3. The number of guanidine groups is 1. The average Bonchev–Trinajstić information content (AvgIpc) is 2.64. The summed E-state index contributed by atoms with van der Waals surface area (Å²) in [7, 11) is 0. The lowest BCUT2D eigenvalue weighted by molar-refractivity contribution is 0.140. The summed E-state index contributed by atoms with van der Waals surface area (Å²) in [6, 6.07) is 3.84. The summed E-state index contributed by atoms with van der Waals surface area (Å²) in [5.74, 6) is 0.886. The Labute approximate surface area is 156 Å². The number of hydrogen-bond acceptors (Lipinski definition) is 4. The van der Waals surface area contributed by atoms with Crippen LogP contribution >= 0.6 is 11.6 Å². The molecule has 6 nitrogen and oxygen atoms in total. The van der Waals surface area contributed by atoms with Gasteiger partial charge in [0.2, 0.25) is 0 Å². The molecule has 2 rings (SSSR count). The van der Waals surface area contributed by atoms with Gasteiger partial charge in [-0.25, -0.2) is 4.98 Å². The number of nitrogens with one attached hydrogen (secondary N) is 2. The van der Waals surface area contributed by atoms with Crippen LogP contribution in [0.4, 0.5) is 0 Å². The van der Waals surface area contributed by atoms with E-state index in [1.807, 2.05) is 18.3 Å². The summed E-state index contributed by atoms with van der Waals surface area (Å²) in [6.07, 6.45) is 2.72. The van der Waals surface area contributed by atoms with Gasteiger partial charge in [0.05, 0.1) is 6.54 Å². The first kappa shape index (κ1) is 19.9. The van der Waals surface area contributed by atoms with Crippen LogP contribution in [0.3, 0.4) is 0 Å². The summed E-state index contributed by atoms with van der Waals surface area (Å²) < 4.78 is 0. The summed E-state index contributed by atoms with van der Waals surface area (Å²) in [4.78, 5) is 13.8. The number of aromatic nitrogens is 1. The first-order valence-electron chi connectivity index (χ1n) is 9.28. The zero-order valence-electron chi connectivity index (χ0n) is 15.5. The molecule has 0 aromatic carbocycles. The molecule has 1 aliphatic heterocycles. The molecule has 7 heteroatoms. The van der Waals surface area contributed by atoms with Crippen molar-refractivity contribution in [3.63, 3.8) is 0 Å². The molecule has 0 saturated carbocycles. The zero-order valence-corrected chi connectivity index (χ0v) is 16.2. The van der Waals surface area contributed by atoms with Crippen molar-refractivity contribution >= 4 is 17.6 Å². The third kappa shape index (κ3) is 7.59. The highest BCUT2D eigenvalue weighted by atomic mass is 35.5. The predicted octanol–water partition coefficient (Wildman–Crippen LogP) is 1.47. The van der Waals surface area contributed by atoms with Crippen LogP contribution in [0.25, 0.3) is 0 Å². The number of rotatable bonds is 8. The Morgan fingerprint density at radius 3 is 2.56 bits per heavy atom. The molecule has 0 bridgehead atoms. The van der Waals surface area contributed by atoms with Crippen LogP contribution in [0.5, 0.6) is 0 Å². The molecular formula is C18H31ClN6. The quantitative estimate of drug-likeness (QED) is 0.414. The molecule has 2 N–H and O–H groups in total. The molecule has 1 saturated heterocycles. The molecular weight excluding hydrogens is 336 g/mol. The molecule has 140 valence electrons. The minimum atomic E-state index is 0.534. The molecule has 1 aliphatic rings. The van der Waals surface area contributed by atoms with E-state index < -0.39 is 0 Å². The van der Waals surface area contributed by atoms with Gasteiger partial charge in [-0.1, -0.05) is 24.6 Å². The van der Waals surface area contributed by atoms with E-state index in [4.69, 9.17) is 16.6 Å². The van der Waals surface area contributed by atoms with E-state index in [-0.39, 0.29) is 0 Å². The predicted molar refractivity (Wildman–Crippen MR) is 105 cm³/mol. The van der Waals surface area contributed by atoms with Gasteiger partial charge < -0.3 is 15.5 Å². The van der Waals surface area contributed by atoms with Gasteiger partial charge in [-0.15, -0.1) is 0 Å². The third-order valence-corrected chi connectivity index (χ3v) is 4.66. The molecule has 25 heavy (non-hydrogen) atoms. The first-order chi connectivity index (χ1) is 12.2. The Bertz CT molecular complexity index is 511. The highest BCUT2D eigenvalue weighted by Gasteiger charge is 2.14. The van der Waals surface area contributed by atoms with Crippen LogP contribution in [-0.2, 0) is 6.42 Å². The molecule has 0 atom stereocenters. The maximum absolute atomic E-state index is 5.81. The van der Waals surface area contributed by atoms with Crippen LogP contribution in [0.15, 0.2) is 23.3 Å². The van der Waals surface area contributed by atoms with Crippen molar-refractivity contribution in [2.24, 2.45) is 4.99 Å². The maximum atomic E-state index is 5.81. The molecule has 1 aromatic rings. The fourth-order valence-corrected chi connectivity index (χ4v) is 2.97. The Hall–Kier alpha value is -1.37. The molecule has 2 heterocycles. The van der Waals surface area contributed by atoms with Gasteiger partial charge in [0, 0.05) is 52.0 Å². The van der Waals surface area contributed by atoms with Crippen molar-refractivity contribution in [2.45, 2.75) is 20.3 Å². The lowest BCUT2D eigenvalue weighted by atomic mass is 10.2. The molecule has 0 unspecified atom stereocenters. The second-order valence-electron chi connectivity index (χ2n) is 6.20. The van der Waals surface area contributed by atoms with Crippen molar-refractivity contribution in [1.29, 1.82) is 0 Å². The number of pyridine rings is 1. The van der Waals surface area contributed by atoms with Crippen LogP contribution in [0, 0.1) is 0 Å². The number of nitrogens with zero attached hydrogens (tertiary/aromatic N) is 4. The Balaban J connectivity index is 1.69. The van der Waals surface area contributed by atoms with E-state index in [0.29, 0.717) is 5.15 Å². The second-order valence-corrected chi connectivity index (χ2v) is 6.59. The average molecular weight is 367 g/mol. The minimum absolute atomic E-state index is 0.534. The molecule has 0 spiro atoms. The Morgan fingerprint density at radius 1 is 1.16 bits per heavy atom. The van der Waals surface area contributed by atoms with Gasteiger partial charge in [-0.05, 0) is 31.5 Å². The fraction of sp³-hybridized carbons (Fsp3) is 0.667. The maximum Gasteiger partial charge on any atom is 0.191 e. The van der Waals surface area contributed by atoms with E-state index in [2.05, 4.69) is 39.3 Å². The summed E-state index contributed by atoms with van der Waals surface area (Å²) in [5.41, 5.74) is 1.17. The summed E-state index contributed by atoms with van der Waals surface area (Å²) in [5, 5.41) is 7.23. The topological polar surface area (TPSA) is 55.8 Å². The smallest absolute Gasteiger partial charge is 0.191 e. The largest absolute Gasteiger partial charge is 0.357 e. The monoisotopic (exact) mass is 366 g/mol. The minimum Gasteiger partial charge on any atom is -0.357 e. The van der Waals surface area contributed by atoms with Gasteiger partial charge in [0.1, 0.15) is 5.15 Å². The number of likely N-dealkylation sites (N-methyl/N-ethyl adjacent to an activating group) is 1. The summed E-state index contributed by atoms with van der Waals surface area (Å²) in [6.45, 7) is 13.7. The van der Waals surface area contributed by atoms with E-state index in [1.54, 1.807) is 0 Å². The van der Waals surface area contributed by atoms with E-state index in [9.17, 15) is 0 Å². The lowest BCUT2D eigenvalue weighted by Gasteiger charge is -2.33. The summed E-state index contributed by atoms with van der Waals surface area (Å²) >= 11 is 5.81. The van der Waals surface area contributed by atoms with Crippen molar-refractivity contribution in [2.75, 3.05) is 58.9 Å². The number of hydrogen-bond donors (Lipinski definition) is 2. The number of piperazine rings is 1. The van der Waals surface area contributed by atoms with Gasteiger partial charge in [0.25, 0.3) is 0 Å². The third-order valence-electron chi connectivity index (χ3n) is 4.44. The van der Waals surface area contributed by atoms with E-state index in [1.165, 1.54) is 18.7 Å². The molecule has 0 radical (unpaired) electrons. The van der Waals surface area contributed by atoms with Gasteiger partial charge in [-0.2, -0.15) is 0 Å². The zero-order chi connectivity index (χ0) is 17.9. The molecule has 0 amide bonds.